The minimum absolute atomic E-state index is 0.0230. The molecule has 0 bridgehead atoms. The normalized spacial score (nSPS) is 14.9. The van der Waals surface area contributed by atoms with Gasteiger partial charge < -0.3 is 20.6 Å². The molecule has 0 fully saturated rings. The van der Waals surface area contributed by atoms with Crippen LogP contribution >= 0.6 is 0 Å². The highest BCUT2D eigenvalue weighted by atomic mass is 16.3. The molecule has 0 aromatic carbocycles. The number of aliphatic hydroxyl groups excluding tert-OH is 3. The van der Waals surface area contributed by atoms with Crippen molar-refractivity contribution in [3.8, 4) is 0 Å². The van der Waals surface area contributed by atoms with Crippen LogP contribution in [0, 0.1) is 0 Å². The summed E-state index contributed by atoms with van der Waals surface area (Å²) in [4.78, 5) is 11.2. The highest BCUT2D eigenvalue weighted by molar-refractivity contribution is 5.87. The quantitative estimate of drug-likeness (QED) is 0.375. The standard InChI is InChI=1S/C10H21NO4/c1-2-3-5-11-7-9(14)10(15)8(13)4-6-12/h8-9,11-14H,2-7H2,1H3/t8-,9+/m1/s1. The van der Waals surface area contributed by atoms with Gasteiger partial charge in [0.1, 0.15) is 12.2 Å². The molecule has 0 unspecified atom stereocenters. The van der Waals surface area contributed by atoms with Gasteiger partial charge in [-0.1, -0.05) is 13.3 Å². The van der Waals surface area contributed by atoms with Gasteiger partial charge >= 0.3 is 0 Å². The van der Waals surface area contributed by atoms with E-state index < -0.39 is 18.0 Å². The van der Waals surface area contributed by atoms with Crippen molar-refractivity contribution in [3.63, 3.8) is 0 Å². The summed E-state index contributed by atoms with van der Waals surface area (Å²) in [6.07, 6.45) is -0.448. The summed E-state index contributed by atoms with van der Waals surface area (Å²) >= 11 is 0. The number of hydrogen-bond acceptors (Lipinski definition) is 5. The number of unbranched alkanes of at least 4 members (excludes halogenated alkanes) is 1. The Morgan fingerprint density at radius 2 is 2.00 bits per heavy atom. The van der Waals surface area contributed by atoms with Crippen molar-refractivity contribution >= 4 is 5.78 Å². The van der Waals surface area contributed by atoms with E-state index in [1.54, 1.807) is 0 Å². The Balaban J connectivity index is 3.68. The molecule has 0 spiro atoms. The van der Waals surface area contributed by atoms with Crippen LogP contribution < -0.4 is 5.32 Å². The topological polar surface area (TPSA) is 89.8 Å². The summed E-state index contributed by atoms with van der Waals surface area (Å²) in [6.45, 7) is 2.69. The molecular weight excluding hydrogens is 198 g/mol. The molecule has 15 heavy (non-hydrogen) atoms. The second-order valence-corrected chi connectivity index (χ2v) is 3.50. The van der Waals surface area contributed by atoms with E-state index in [2.05, 4.69) is 5.32 Å². The third-order valence-electron chi connectivity index (χ3n) is 2.10. The van der Waals surface area contributed by atoms with E-state index in [9.17, 15) is 15.0 Å². The summed E-state index contributed by atoms with van der Waals surface area (Å²) in [5, 5.41) is 30.0. The largest absolute Gasteiger partial charge is 0.396 e. The van der Waals surface area contributed by atoms with Crippen LogP contribution in [0.4, 0.5) is 0 Å². The van der Waals surface area contributed by atoms with Crippen LogP contribution in [0.1, 0.15) is 26.2 Å². The van der Waals surface area contributed by atoms with Crippen LogP contribution in [0.15, 0.2) is 0 Å². The summed E-state index contributed by atoms with van der Waals surface area (Å²) < 4.78 is 0. The van der Waals surface area contributed by atoms with Gasteiger partial charge in [0, 0.05) is 19.6 Å². The number of ketones is 1. The molecule has 0 aromatic rings. The van der Waals surface area contributed by atoms with Crippen molar-refractivity contribution in [3.05, 3.63) is 0 Å². The SMILES string of the molecule is CCCCNC[C@H](O)C(=O)[C@H](O)CCO. The number of hydrogen-bond donors (Lipinski definition) is 4. The van der Waals surface area contributed by atoms with Gasteiger partial charge in [-0.3, -0.25) is 4.79 Å². The van der Waals surface area contributed by atoms with Gasteiger partial charge in [0.05, 0.1) is 0 Å². The van der Waals surface area contributed by atoms with E-state index >= 15 is 0 Å². The maximum Gasteiger partial charge on any atom is 0.190 e. The molecule has 90 valence electrons. The molecule has 0 saturated heterocycles. The lowest BCUT2D eigenvalue weighted by Gasteiger charge is -2.14. The van der Waals surface area contributed by atoms with Crippen molar-refractivity contribution in [2.45, 2.75) is 38.4 Å². The summed E-state index contributed by atoms with van der Waals surface area (Å²) in [7, 11) is 0. The highest BCUT2D eigenvalue weighted by Gasteiger charge is 2.22. The molecule has 2 atom stereocenters. The first-order valence-electron chi connectivity index (χ1n) is 5.34. The van der Waals surface area contributed by atoms with E-state index in [0.717, 1.165) is 19.4 Å². The molecule has 0 amide bonds. The third-order valence-corrected chi connectivity index (χ3v) is 2.10. The predicted octanol–water partition coefficient (Wildman–Crippen LogP) is -0.951. The maximum absolute atomic E-state index is 11.2. The molecule has 5 nitrogen and oxygen atoms in total. The fraction of sp³-hybridized carbons (Fsp3) is 0.900. The number of carbonyl (C=O) groups is 1. The molecule has 0 aliphatic carbocycles. The Morgan fingerprint density at radius 1 is 1.33 bits per heavy atom. The van der Waals surface area contributed by atoms with E-state index in [1.807, 2.05) is 6.92 Å². The van der Waals surface area contributed by atoms with E-state index in [0.29, 0.717) is 0 Å². The van der Waals surface area contributed by atoms with Gasteiger partial charge in [0.15, 0.2) is 5.78 Å². The lowest BCUT2D eigenvalue weighted by molar-refractivity contribution is -0.136. The minimum atomic E-state index is -1.27. The predicted molar refractivity (Wildman–Crippen MR) is 56.5 cm³/mol. The number of Topliss-reactive ketones (excluding diaryl/α,β-unsaturated/α-hetero) is 1. The lowest BCUT2D eigenvalue weighted by Crippen LogP contribution is -2.39. The monoisotopic (exact) mass is 219 g/mol. The fourth-order valence-electron chi connectivity index (χ4n) is 1.13. The number of nitrogens with one attached hydrogen (secondary N) is 1. The van der Waals surface area contributed by atoms with Gasteiger partial charge in [-0.25, -0.2) is 0 Å². The molecule has 0 saturated carbocycles. The number of rotatable bonds is 9. The number of carbonyl (C=O) groups excluding carboxylic acids is 1. The first kappa shape index (κ1) is 14.5. The zero-order chi connectivity index (χ0) is 11.7. The van der Waals surface area contributed by atoms with Gasteiger partial charge in [-0.05, 0) is 13.0 Å². The van der Waals surface area contributed by atoms with Gasteiger partial charge in [-0.2, -0.15) is 0 Å². The van der Waals surface area contributed by atoms with Crippen LogP contribution in [0.2, 0.25) is 0 Å². The van der Waals surface area contributed by atoms with Crippen molar-refractivity contribution in [2.75, 3.05) is 19.7 Å². The van der Waals surface area contributed by atoms with Crippen LogP contribution in [-0.4, -0.2) is 53.0 Å². The zero-order valence-electron chi connectivity index (χ0n) is 9.15. The van der Waals surface area contributed by atoms with E-state index in [-0.39, 0.29) is 19.6 Å². The molecular formula is C10H21NO4. The zero-order valence-corrected chi connectivity index (χ0v) is 9.15. The first-order valence-corrected chi connectivity index (χ1v) is 5.34. The van der Waals surface area contributed by atoms with Crippen LogP contribution in [-0.2, 0) is 4.79 Å². The average molecular weight is 219 g/mol. The van der Waals surface area contributed by atoms with Crippen molar-refractivity contribution < 1.29 is 20.1 Å². The van der Waals surface area contributed by atoms with E-state index in [4.69, 9.17) is 5.11 Å². The third kappa shape index (κ3) is 6.57. The van der Waals surface area contributed by atoms with Gasteiger partial charge in [-0.15, -0.1) is 0 Å². The van der Waals surface area contributed by atoms with Crippen LogP contribution in [0.25, 0.3) is 0 Å². The van der Waals surface area contributed by atoms with E-state index in [1.165, 1.54) is 0 Å². The first-order chi connectivity index (χ1) is 7.13. The molecule has 0 heterocycles. The molecule has 0 aliphatic rings. The fourth-order valence-corrected chi connectivity index (χ4v) is 1.13. The second kappa shape index (κ2) is 8.79. The van der Waals surface area contributed by atoms with Gasteiger partial charge in [0.2, 0.25) is 0 Å². The Bertz CT molecular complexity index is 175. The smallest absolute Gasteiger partial charge is 0.190 e. The summed E-state index contributed by atoms with van der Waals surface area (Å²) in [5.41, 5.74) is 0. The minimum Gasteiger partial charge on any atom is -0.396 e. The molecule has 0 rings (SSSR count). The average Bonchev–Trinajstić information content (AvgIpc) is 2.23. The Labute approximate surface area is 90.1 Å². The van der Waals surface area contributed by atoms with Crippen molar-refractivity contribution in [2.24, 2.45) is 0 Å². The second-order valence-electron chi connectivity index (χ2n) is 3.50. The molecule has 5 heteroatoms. The Morgan fingerprint density at radius 3 is 2.53 bits per heavy atom. The lowest BCUT2D eigenvalue weighted by atomic mass is 10.1. The highest BCUT2D eigenvalue weighted by Crippen LogP contribution is 1.97. The molecule has 0 radical (unpaired) electrons. The molecule has 0 aliphatic heterocycles. The van der Waals surface area contributed by atoms with Crippen LogP contribution in [0.3, 0.4) is 0 Å². The van der Waals surface area contributed by atoms with Crippen LogP contribution in [0.5, 0.6) is 0 Å². The molecule has 4 N–H and O–H groups in total. The number of aliphatic hydroxyl groups is 3. The van der Waals surface area contributed by atoms with Gasteiger partial charge in [0.25, 0.3) is 0 Å². The van der Waals surface area contributed by atoms with Crippen molar-refractivity contribution in [1.29, 1.82) is 0 Å². The van der Waals surface area contributed by atoms with Crippen molar-refractivity contribution in [1.82, 2.24) is 5.32 Å². The Kier molecular flexibility index (Phi) is 8.50. The summed E-state index contributed by atoms with van der Waals surface area (Å²) in [5.74, 6) is -0.631. The maximum atomic E-state index is 11.2. The summed E-state index contributed by atoms with van der Waals surface area (Å²) in [6, 6.07) is 0. The Hall–Kier alpha value is -0.490. The molecule has 0 aromatic heterocycles.